The van der Waals surface area contributed by atoms with Crippen LogP contribution >= 0.6 is 0 Å². The summed E-state index contributed by atoms with van der Waals surface area (Å²) in [5.74, 6) is -0.110. The maximum absolute atomic E-state index is 12.7. The van der Waals surface area contributed by atoms with E-state index < -0.39 is 0 Å². The molecule has 0 saturated carbocycles. The molecule has 0 radical (unpaired) electrons. The van der Waals surface area contributed by atoms with Gasteiger partial charge in [-0.2, -0.15) is 0 Å². The van der Waals surface area contributed by atoms with Crippen molar-refractivity contribution in [3.05, 3.63) is 35.9 Å². The maximum atomic E-state index is 12.7. The van der Waals surface area contributed by atoms with Crippen LogP contribution in [-0.4, -0.2) is 62.1 Å². The predicted molar refractivity (Wildman–Crippen MR) is 82.7 cm³/mol. The van der Waals surface area contributed by atoms with Crippen molar-refractivity contribution >= 4 is 5.91 Å². The number of likely N-dealkylation sites (N-methyl/N-ethyl adjacent to an activating group) is 1. The van der Waals surface area contributed by atoms with Crippen LogP contribution in [0.2, 0.25) is 0 Å². The first-order valence-corrected chi connectivity index (χ1v) is 7.38. The zero-order valence-corrected chi connectivity index (χ0v) is 12.9. The normalized spacial score (nSPS) is 21.7. The van der Waals surface area contributed by atoms with Gasteiger partial charge in [-0.15, -0.1) is 0 Å². The number of nitrogens with zero attached hydrogens (tertiary/aromatic N) is 2. The number of amides is 1. The molecule has 1 amide bonds. The lowest BCUT2D eigenvalue weighted by molar-refractivity contribution is -0.136. The highest BCUT2D eigenvalue weighted by atomic mass is 16.5. The summed E-state index contributed by atoms with van der Waals surface area (Å²) in [6.45, 7) is 3.07. The second-order valence-electron chi connectivity index (χ2n) is 5.86. The van der Waals surface area contributed by atoms with Gasteiger partial charge in [0.05, 0.1) is 19.1 Å². The van der Waals surface area contributed by atoms with E-state index in [4.69, 9.17) is 10.5 Å². The van der Waals surface area contributed by atoms with Crippen LogP contribution in [-0.2, 0) is 16.1 Å². The van der Waals surface area contributed by atoms with Crippen molar-refractivity contribution in [2.45, 2.75) is 12.6 Å². The summed E-state index contributed by atoms with van der Waals surface area (Å²) >= 11 is 0. The third-order valence-corrected chi connectivity index (χ3v) is 3.79. The van der Waals surface area contributed by atoms with Crippen molar-refractivity contribution in [2.75, 3.05) is 40.4 Å². The molecule has 0 bridgehead atoms. The molecule has 116 valence electrons. The van der Waals surface area contributed by atoms with E-state index >= 15 is 0 Å². The molecule has 2 atom stereocenters. The van der Waals surface area contributed by atoms with E-state index in [1.54, 1.807) is 0 Å². The smallest absolute Gasteiger partial charge is 0.230 e. The Balaban J connectivity index is 2.05. The first-order chi connectivity index (χ1) is 10.1. The second kappa shape index (κ2) is 7.54. The number of rotatable bonds is 6. The first-order valence-electron chi connectivity index (χ1n) is 7.38. The molecule has 1 saturated heterocycles. The third-order valence-electron chi connectivity index (χ3n) is 3.79. The van der Waals surface area contributed by atoms with Gasteiger partial charge in [0.25, 0.3) is 0 Å². The maximum Gasteiger partial charge on any atom is 0.230 e. The van der Waals surface area contributed by atoms with Crippen molar-refractivity contribution < 1.29 is 9.53 Å². The molecule has 2 N–H and O–H groups in total. The summed E-state index contributed by atoms with van der Waals surface area (Å²) in [5.41, 5.74) is 7.12. The van der Waals surface area contributed by atoms with Crippen molar-refractivity contribution in [3.63, 3.8) is 0 Å². The van der Waals surface area contributed by atoms with Gasteiger partial charge in [-0.25, -0.2) is 0 Å². The number of ether oxygens (including phenoxy) is 1. The number of hydrogen-bond acceptors (Lipinski definition) is 4. The lowest BCUT2D eigenvalue weighted by Gasteiger charge is -2.28. The molecule has 0 aromatic heterocycles. The predicted octanol–water partition coefficient (Wildman–Crippen LogP) is 0.551. The Bertz CT molecular complexity index is 450. The first kappa shape index (κ1) is 15.9. The average molecular weight is 291 g/mol. The van der Waals surface area contributed by atoms with Crippen molar-refractivity contribution in [2.24, 2.45) is 11.7 Å². The van der Waals surface area contributed by atoms with Gasteiger partial charge in [0, 0.05) is 25.7 Å². The Morgan fingerprint density at radius 3 is 2.52 bits per heavy atom. The van der Waals surface area contributed by atoms with Gasteiger partial charge in [-0.1, -0.05) is 30.3 Å². The summed E-state index contributed by atoms with van der Waals surface area (Å²) in [7, 11) is 4.02. The van der Waals surface area contributed by atoms with Crippen LogP contribution in [0.5, 0.6) is 0 Å². The van der Waals surface area contributed by atoms with Gasteiger partial charge in [-0.3, -0.25) is 4.79 Å². The van der Waals surface area contributed by atoms with Crippen LogP contribution in [0.4, 0.5) is 0 Å². The Kier molecular flexibility index (Phi) is 5.73. The van der Waals surface area contributed by atoms with Crippen LogP contribution in [0, 0.1) is 5.92 Å². The largest absolute Gasteiger partial charge is 0.379 e. The fourth-order valence-corrected chi connectivity index (χ4v) is 2.45. The zero-order chi connectivity index (χ0) is 15.2. The van der Waals surface area contributed by atoms with Gasteiger partial charge in [0.2, 0.25) is 5.91 Å². The summed E-state index contributed by atoms with van der Waals surface area (Å²) in [6, 6.07) is 9.87. The Morgan fingerprint density at radius 1 is 1.24 bits per heavy atom. The minimum absolute atomic E-state index is 0.103. The molecule has 1 aromatic carbocycles. The van der Waals surface area contributed by atoms with Crippen molar-refractivity contribution in [1.82, 2.24) is 9.80 Å². The third kappa shape index (κ3) is 4.52. The van der Waals surface area contributed by atoms with E-state index in [1.165, 1.54) is 0 Å². The van der Waals surface area contributed by atoms with Crippen LogP contribution < -0.4 is 5.73 Å². The highest BCUT2D eigenvalue weighted by Crippen LogP contribution is 2.17. The van der Waals surface area contributed by atoms with Crippen molar-refractivity contribution in [1.29, 1.82) is 0 Å². The van der Waals surface area contributed by atoms with E-state index in [9.17, 15) is 4.79 Å². The molecule has 0 spiro atoms. The Hall–Kier alpha value is -1.43. The SMILES string of the molecule is CN(C)CCN(Cc1ccccc1)C(=O)C1COCC1N. The number of carbonyl (C=O) groups is 1. The second-order valence-corrected chi connectivity index (χ2v) is 5.86. The van der Waals surface area contributed by atoms with Crippen LogP contribution in [0.1, 0.15) is 5.56 Å². The molecule has 1 aliphatic rings. The van der Waals surface area contributed by atoms with Crippen LogP contribution in [0.15, 0.2) is 30.3 Å². The summed E-state index contributed by atoms with van der Waals surface area (Å²) in [6.07, 6.45) is 0. The summed E-state index contributed by atoms with van der Waals surface area (Å²) in [5, 5.41) is 0. The molecule has 2 unspecified atom stereocenters. The highest BCUT2D eigenvalue weighted by Gasteiger charge is 2.34. The molecule has 2 rings (SSSR count). The lowest BCUT2D eigenvalue weighted by atomic mass is 10.0. The molecular weight excluding hydrogens is 266 g/mol. The number of carbonyl (C=O) groups excluding carboxylic acids is 1. The zero-order valence-electron chi connectivity index (χ0n) is 12.9. The Labute approximate surface area is 126 Å². The Morgan fingerprint density at radius 2 is 1.95 bits per heavy atom. The van der Waals surface area contributed by atoms with E-state index in [0.717, 1.165) is 12.1 Å². The molecule has 5 heteroatoms. The number of hydrogen-bond donors (Lipinski definition) is 1. The quantitative estimate of drug-likeness (QED) is 0.831. The molecule has 1 heterocycles. The number of benzene rings is 1. The minimum atomic E-state index is -0.212. The van der Waals surface area contributed by atoms with Crippen LogP contribution in [0.25, 0.3) is 0 Å². The van der Waals surface area contributed by atoms with Gasteiger partial charge in [0.1, 0.15) is 0 Å². The fourth-order valence-electron chi connectivity index (χ4n) is 2.45. The van der Waals surface area contributed by atoms with E-state index in [-0.39, 0.29) is 17.9 Å². The molecule has 5 nitrogen and oxygen atoms in total. The van der Waals surface area contributed by atoms with E-state index in [2.05, 4.69) is 4.90 Å². The van der Waals surface area contributed by atoms with E-state index in [1.807, 2.05) is 49.3 Å². The highest BCUT2D eigenvalue weighted by molar-refractivity contribution is 5.80. The molecule has 0 aliphatic carbocycles. The molecule has 21 heavy (non-hydrogen) atoms. The summed E-state index contributed by atoms with van der Waals surface area (Å²) < 4.78 is 5.33. The van der Waals surface area contributed by atoms with E-state index in [0.29, 0.717) is 26.3 Å². The van der Waals surface area contributed by atoms with Gasteiger partial charge in [-0.05, 0) is 19.7 Å². The van der Waals surface area contributed by atoms with Gasteiger partial charge >= 0.3 is 0 Å². The molecular formula is C16H25N3O2. The monoisotopic (exact) mass is 291 g/mol. The fraction of sp³-hybridized carbons (Fsp3) is 0.562. The standard InChI is InChI=1S/C16H25N3O2/c1-18(2)8-9-19(10-13-6-4-3-5-7-13)16(20)14-11-21-12-15(14)17/h3-7,14-15H,8-12,17H2,1-2H3. The van der Waals surface area contributed by atoms with Crippen LogP contribution in [0.3, 0.4) is 0 Å². The minimum Gasteiger partial charge on any atom is -0.379 e. The molecule has 1 aliphatic heterocycles. The molecule has 1 aromatic rings. The van der Waals surface area contributed by atoms with Crippen molar-refractivity contribution in [3.8, 4) is 0 Å². The summed E-state index contributed by atoms with van der Waals surface area (Å²) in [4.78, 5) is 16.7. The number of nitrogens with two attached hydrogens (primary N) is 1. The topological polar surface area (TPSA) is 58.8 Å². The molecule has 1 fully saturated rings. The lowest BCUT2D eigenvalue weighted by Crippen LogP contribution is -2.45. The average Bonchev–Trinajstić information content (AvgIpc) is 2.90. The van der Waals surface area contributed by atoms with Gasteiger partial charge in [0.15, 0.2) is 0 Å². The van der Waals surface area contributed by atoms with Gasteiger partial charge < -0.3 is 20.3 Å².